The Morgan fingerprint density at radius 2 is 1.91 bits per heavy atom. The number of hydrogen-bond acceptors (Lipinski definition) is 5. The molecule has 0 spiro atoms. The van der Waals surface area contributed by atoms with Crippen LogP contribution in [0.4, 0.5) is 10.1 Å². The van der Waals surface area contributed by atoms with Gasteiger partial charge in [-0.1, -0.05) is 12.1 Å². The van der Waals surface area contributed by atoms with Crippen molar-refractivity contribution in [2.75, 3.05) is 18.4 Å². The van der Waals surface area contributed by atoms with Gasteiger partial charge in [0.05, 0.1) is 17.9 Å². The summed E-state index contributed by atoms with van der Waals surface area (Å²) in [6, 6.07) is 11.9. The number of aryl methyl sites for hydroxylation is 1. The zero-order chi connectivity index (χ0) is 22.7. The first-order chi connectivity index (χ1) is 15.4. The smallest absolute Gasteiger partial charge is 0.255 e. The lowest BCUT2D eigenvalue weighted by atomic mass is 10.1. The van der Waals surface area contributed by atoms with E-state index in [0.717, 1.165) is 35.2 Å². The van der Waals surface area contributed by atoms with Crippen molar-refractivity contribution in [2.24, 2.45) is 7.05 Å². The molecule has 1 amide bonds. The molecule has 8 heteroatoms. The van der Waals surface area contributed by atoms with Crippen LogP contribution in [0.15, 0.2) is 64.9 Å². The van der Waals surface area contributed by atoms with Crippen LogP contribution in [-0.4, -0.2) is 45.7 Å². The summed E-state index contributed by atoms with van der Waals surface area (Å²) < 4.78 is 21.6. The number of amides is 1. The molecule has 4 rings (SSSR count). The van der Waals surface area contributed by atoms with Crippen LogP contribution < -0.4 is 5.32 Å². The molecule has 2 unspecified atom stereocenters. The molecule has 0 bridgehead atoms. The van der Waals surface area contributed by atoms with Gasteiger partial charge in [-0.25, -0.2) is 9.37 Å². The highest BCUT2D eigenvalue weighted by Crippen LogP contribution is 2.33. The Bertz CT molecular complexity index is 1080. The Hall–Kier alpha value is -2.68. The summed E-state index contributed by atoms with van der Waals surface area (Å²) in [5, 5.41) is 3.60. The van der Waals surface area contributed by atoms with Gasteiger partial charge in [0.1, 0.15) is 5.82 Å². The van der Waals surface area contributed by atoms with E-state index in [0.29, 0.717) is 11.3 Å². The molecule has 6 nitrogen and oxygen atoms in total. The van der Waals surface area contributed by atoms with Gasteiger partial charge >= 0.3 is 0 Å². The van der Waals surface area contributed by atoms with Crippen LogP contribution in [0.25, 0.3) is 0 Å². The quantitative estimate of drug-likeness (QED) is 0.591. The lowest BCUT2D eigenvalue weighted by molar-refractivity contribution is -0.0704. The molecule has 0 saturated carbocycles. The Morgan fingerprint density at radius 3 is 2.56 bits per heavy atom. The molecule has 1 N–H and O–H groups in total. The van der Waals surface area contributed by atoms with Crippen LogP contribution in [0.1, 0.15) is 29.8 Å². The molecule has 1 fully saturated rings. The van der Waals surface area contributed by atoms with Crippen molar-refractivity contribution >= 4 is 23.4 Å². The molecule has 0 radical (unpaired) electrons. The lowest BCUT2D eigenvalue weighted by Crippen LogP contribution is -2.44. The van der Waals surface area contributed by atoms with E-state index < -0.39 is 5.82 Å². The van der Waals surface area contributed by atoms with E-state index in [1.54, 1.807) is 12.3 Å². The summed E-state index contributed by atoms with van der Waals surface area (Å²) in [4.78, 5) is 20.2. The van der Waals surface area contributed by atoms with Crippen molar-refractivity contribution in [2.45, 2.75) is 42.7 Å². The summed E-state index contributed by atoms with van der Waals surface area (Å²) in [7, 11) is 1.89. The van der Waals surface area contributed by atoms with Gasteiger partial charge in [0.25, 0.3) is 5.91 Å². The average Bonchev–Trinajstić information content (AvgIpc) is 3.14. The number of carbonyl (C=O) groups excluding carboxylic acids is 1. The standard InChI is InChI=1S/C24H27FN4O2S/c1-16-13-29(14-17(2)31-16)15-18-4-6-19(7-5-18)23(30)27-21-12-20(25)8-9-22(21)32-24-26-10-11-28(24)3/h4-12,16-17H,13-15H2,1-3H3,(H,27,30). The van der Waals surface area contributed by atoms with E-state index in [4.69, 9.17) is 4.74 Å². The van der Waals surface area contributed by atoms with Gasteiger partial charge in [0, 0.05) is 49.5 Å². The van der Waals surface area contributed by atoms with Crippen molar-refractivity contribution in [3.63, 3.8) is 0 Å². The van der Waals surface area contributed by atoms with Crippen LogP contribution in [0, 0.1) is 5.82 Å². The normalized spacial score (nSPS) is 19.1. The number of aromatic nitrogens is 2. The van der Waals surface area contributed by atoms with E-state index in [1.165, 1.54) is 23.9 Å². The Kier molecular flexibility index (Phi) is 6.93. The monoisotopic (exact) mass is 454 g/mol. The van der Waals surface area contributed by atoms with E-state index >= 15 is 0 Å². The fraction of sp³-hybridized carbons (Fsp3) is 0.333. The van der Waals surface area contributed by atoms with Crippen molar-refractivity contribution in [1.29, 1.82) is 0 Å². The zero-order valence-electron chi connectivity index (χ0n) is 18.4. The van der Waals surface area contributed by atoms with E-state index in [1.807, 2.05) is 42.1 Å². The molecule has 2 heterocycles. The highest BCUT2D eigenvalue weighted by molar-refractivity contribution is 7.99. The number of halogens is 1. The second-order valence-electron chi connectivity index (χ2n) is 8.17. The van der Waals surface area contributed by atoms with Crippen LogP contribution in [0.3, 0.4) is 0 Å². The predicted molar refractivity (Wildman–Crippen MR) is 123 cm³/mol. The first-order valence-corrected chi connectivity index (χ1v) is 11.4. The largest absolute Gasteiger partial charge is 0.373 e. The summed E-state index contributed by atoms with van der Waals surface area (Å²) in [5.41, 5.74) is 2.08. The molecule has 168 valence electrons. The lowest BCUT2D eigenvalue weighted by Gasteiger charge is -2.35. The highest BCUT2D eigenvalue weighted by atomic mass is 32.2. The molecule has 1 aliphatic rings. The highest BCUT2D eigenvalue weighted by Gasteiger charge is 2.22. The van der Waals surface area contributed by atoms with Crippen molar-refractivity contribution < 1.29 is 13.9 Å². The van der Waals surface area contributed by atoms with Gasteiger partial charge in [0.2, 0.25) is 0 Å². The molecule has 2 aromatic carbocycles. The summed E-state index contributed by atoms with van der Waals surface area (Å²) in [6.07, 6.45) is 3.97. The first kappa shape index (κ1) is 22.5. The molecule has 1 aromatic heterocycles. The third kappa shape index (κ3) is 5.56. The summed E-state index contributed by atoms with van der Waals surface area (Å²) >= 11 is 1.37. The van der Waals surface area contributed by atoms with Crippen molar-refractivity contribution in [3.8, 4) is 0 Å². The van der Waals surface area contributed by atoms with Gasteiger partial charge in [0.15, 0.2) is 5.16 Å². The molecule has 32 heavy (non-hydrogen) atoms. The van der Waals surface area contributed by atoms with Gasteiger partial charge in [-0.2, -0.15) is 0 Å². The molecule has 1 saturated heterocycles. The zero-order valence-corrected chi connectivity index (χ0v) is 19.2. The molecule has 2 atom stereocenters. The number of benzene rings is 2. The van der Waals surface area contributed by atoms with Crippen LogP contribution >= 0.6 is 11.8 Å². The topological polar surface area (TPSA) is 59.4 Å². The van der Waals surface area contributed by atoms with Gasteiger partial charge < -0.3 is 14.6 Å². The average molecular weight is 455 g/mol. The SMILES string of the molecule is CC1CN(Cc2ccc(C(=O)Nc3cc(F)ccc3Sc3nccn3C)cc2)CC(C)O1. The molecule has 1 aliphatic heterocycles. The van der Waals surface area contributed by atoms with Crippen LogP contribution in [0.5, 0.6) is 0 Å². The fourth-order valence-corrected chi connectivity index (χ4v) is 4.74. The Balaban J connectivity index is 1.44. The van der Waals surface area contributed by atoms with Crippen LogP contribution in [-0.2, 0) is 18.3 Å². The van der Waals surface area contributed by atoms with Gasteiger partial charge in [-0.15, -0.1) is 0 Å². The fourth-order valence-electron chi connectivity index (χ4n) is 3.87. The maximum Gasteiger partial charge on any atom is 0.255 e. The minimum atomic E-state index is -0.409. The second-order valence-corrected chi connectivity index (χ2v) is 9.17. The number of rotatable bonds is 6. The molecular formula is C24H27FN4O2S. The Morgan fingerprint density at radius 1 is 1.19 bits per heavy atom. The minimum Gasteiger partial charge on any atom is -0.373 e. The molecule has 3 aromatic rings. The second kappa shape index (κ2) is 9.85. The number of hydrogen-bond donors (Lipinski definition) is 1. The number of anilines is 1. The number of morpholine rings is 1. The maximum atomic E-state index is 13.9. The van der Waals surface area contributed by atoms with Crippen molar-refractivity contribution in [1.82, 2.24) is 14.5 Å². The number of nitrogens with zero attached hydrogens (tertiary/aromatic N) is 3. The number of carbonyl (C=O) groups is 1. The van der Waals surface area contributed by atoms with E-state index in [9.17, 15) is 9.18 Å². The van der Waals surface area contributed by atoms with E-state index in [2.05, 4.69) is 29.0 Å². The number of ether oxygens (including phenoxy) is 1. The Labute approximate surface area is 191 Å². The molecule has 0 aliphatic carbocycles. The predicted octanol–water partition coefficient (Wildman–Crippen LogP) is 4.57. The molecular weight excluding hydrogens is 427 g/mol. The van der Waals surface area contributed by atoms with E-state index in [-0.39, 0.29) is 18.1 Å². The van der Waals surface area contributed by atoms with Gasteiger partial charge in [-0.05, 0) is 61.5 Å². The van der Waals surface area contributed by atoms with Crippen LogP contribution in [0.2, 0.25) is 0 Å². The number of imidazole rings is 1. The third-order valence-corrected chi connectivity index (χ3v) is 6.44. The first-order valence-electron chi connectivity index (χ1n) is 10.6. The van der Waals surface area contributed by atoms with Gasteiger partial charge in [-0.3, -0.25) is 9.69 Å². The minimum absolute atomic E-state index is 0.216. The summed E-state index contributed by atoms with van der Waals surface area (Å²) in [6.45, 7) is 6.77. The third-order valence-electron chi connectivity index (χ3n) is 5.29. The number of nitrogens with one attached hydrogen (secondary N) is 1. The summed E-state index contributed by atoms with van der Waals surface area (Å²) in [5.74, 6) is -0.689. The maximum absolute atomic E-state index is 13.9. The van der Waals surface area contributed by atoms with Crippen molar-refractivity contribution in [3.05, 3.63) is 71.8 Å².